The van der Waals surface area contributed by atoms with Gasteiger partial charge < -0.3 is 55.3 Å². The van der Waals surface area contributed by atoms with E-state index in [4.69, 9.17) is 14.2 Å². The number of rotatable bonds is 20. The highest BCUT2D eigenvalue weighted by atomic mass is 16.7. The van der Waals surface area contributed by atoms with Gasteiger partial charge in [0.2, 0.25) is 5.91 Å². The number of ether oxygens (including phenoxy) is 3. The van der Waals surface area contributed by atoms with Crippen LogP contribution in [-0.4, -0.2) is 116 Å². The number of hydrogen-bond acceptors (Lipinski definition) is 11. The van der Waals surface area contributed by atoms with Crippen LogP contribution >= 0.6 is 0 Å². The zero-order valence-electron chi connectivity index (χ0n) is 25.0. The third-order valence-corrected chi connectivity index (χ3v) is 7.97. The van der Waals surface area contributed by atoms with Gasteiger partial charge in [0.15, 0.2) is 12.5 Å². The van der Waals surface area contributed by atoms with E-state index in [0.717, 1.165) is 38.5 Å². The predicted molar refractivity (Wildman–Crippen MR) is 154 cm³/mol. The summed E-state index contributed by atoms with van der Waals surface area (Å²) in [6.45, 7) is 0.898. The average Bonchev–Trinajstić information content (AvgIpc) is 2.98. The molecular formula is C30H55NO11. The van der Waals surface area contributed by atoms with Crippen molar-refractivity contribution in [1.29, 1.82) is 0 Å². The number of carbonyl (C=O) groups is 1. The minimum absolute atomic E-state index is 0.204. The summed E-state index contributed by atoms with van der Waals surface area (Å²) in [5, 5.41) is 73.2. The quantitative estimate of drug-likeness (QED) is 0.0720. The molecule has 0 saturated carbocycles. The first-order valence-corrected chi connectivity index (χ1v) is 15.8. The van der Waals surface area contributed by atoms with Gasteiger partial charge in [-0.05, 0) is 32.1 Å². The molecule has 12 nitrogen and oxygen atoms in total. The zero-order valence-corrected chi connectivity index (χ0v) is 25.0. The summed E-state index contributed by atoms with van der Waals surface area (Å²) in [6, 6.07) is 0. The van der Waals surface area contributed by atoms with Crippen LogP contribution in [0.15, 0.2) is 12.2 Å². The molecule has 8 N–H and O–H groups in total. The van der Waals surface area contributed by atoms with Crippen molar-refractivity contribution in [3.05, 3.63) is 12.2 Å². The number of amides is 1. The molecule has 2 fully saturated rings. The Kier molecular flexibility index (Phi) is 18.2. The van der Waals surface area contributed by atoms with Crippen LogP contribution < -0.4 is 5.32 Å². The van der Waals surface area contributed by atoms with E-state index in [9.17, 15) is 40.5 Å². The fourth-order valence-electron chi connectivity index (χ4n) is 5.29. The van der Waals surface area contributed by atoms with Crippen LogP contribution in [0, 0.1) is 0 Å². The number of hydrogen-bond donors (Lipinski definition) is 8. The van der Waals surface area contributed by atoms with Crippen molar-refractivity contribution in [2.45, 2.75) is 158 Å². The molecule has 0 radical (unpaired) electrons. The number of aliphatic hydroxyl groups is 7. The van der Waals surface area contributed by atoms with Gasteiger partial charge in [-0.15, -0.1) is 0 Å². The standard InChI is InChI=1S/C30H55NO11/c1-2-3-4-5-6-7-8-9-10-11-12-13-14-15-16-17-22(34)31-29-27(39)28(24(36)21(19-33)40-29)42-30-26(38)25(37)23(35)20(18-32)41-30/h9-10,20-21,23-30,32-33,35-39H,2-8,11-19H2,1H3,(H,31,34)/b10-9-/t20-,21-,23-,24-,25+,26+,27+,28+,29?,30-/m1/s1. The minimum Gasteiger partial charge on any atom is -0.394 e. The van der Waals surface area contributed by atoms with Crippen LogP contribution in [0.2, 0.25) is 0 Å². The molecule has 2 heterocycles. The Morgan fingerprint density at radius 3 is 1.83 bits per heavy atom. The van der Waals surface area contributed by atoms with E-state index in [2.05, 4.69) is 24.4 Å². The first-order valence-electron chi connectivity index (χ1n) is 15.8. The van der Waals surface area contributed by atoms with Gasteiger partial charge in [0, 0.05) is 6.42 Å². The maximum Gasteiger partial charge on any atom is 0.222 e. The number of nitrogens with one attached hydrogen (secondary N) is 1. The van der Waals surface area contributed by atoms with Gasteiger partial charge in [-0.25, -0.2) is 0 Å². The highest BCUT2D eigenvalue weighted by molar-refractivity contribution is 5.76. The molecule has 246 valence electrons. The molecule has 0 spiro atoms. The second kappa shape index (κ2) is 20.7. The molecule has 0 aliphatic carbocycles. The van der Waals surface area contributed by atoms with Crippen LogP contribution in [-0.2, 0) is 19.0 Å². The largest absolute Gasteiger partial charge is 0.394 e. The Labute approximate surface area is 249 Å². The Morgan fingerprint density at radius 1 is 0.690 bits per heavy atom. The fraction of sp³-hybridized carbons (Fsp3) is 0.900. The van der Waals surface area contributed by atoms with Crippen molar-refractivity contribution < 1.29 is 54.8 Å². The average molecular weight is 606 g/mol. The first-order chi connectivity index (χ1) is 20.2. The van der Waals surface area contributed by atoms with Gasteiger partial charge in [0.1, 0.15) is 48.8 Å². The first kappa shape index (κ1) is 37.0. The van der Waals surface area contributed by atoms with Crippen molar-refractivity contribution in [1.82, 2.24) is 5.32 Å². The SMILES string of the molecule is CCCCCCCC/C=C\CCCCCCCC(=O)NC1O[C@H](CO)[C@@H](O)[C@H](O[C@H]2O[C@H](CO)[C@@H](O)[C@H](O)[C@@H]2O)[C@@H]1O. The molecule has 2 aliphatic rings. The summed E-state index contributed by atoms with van der Waals surface area (Å²) >= 11 is 0. The van der Waals surface area contributed by atoms with Crippen LogP contribution in [0.4, 0.5) is 0 Å². The fourth-order valence-corrected chi connectivity index (χ4v) is 5.29. The number of unbranched alkanes of at least 4 members (excludes halogenated alkanes) is 11. The lowest BCUT2D eigenvalue weighted by Gasteiger charge is -2.46. The molecule has 10 atom stereocenters. The minimum atomic E-state index is -1.76. The zero-order chi connectivity index (χ0) is 30.9. The summed E-state index contributed by atoms with van der Waals surface area (Å²) < 4.78 is 16.3. The smallest absolute Gasteiger partial charge is 0.222 e. The highest BCUT2D eigenvalue weighted by Gasteiger charge is 2.50. The van der Waals surface area contributed by atoms with E-state index in [0.29, 0.717) is 6.42 Å². The molecule has 2 aliphatic heterocycles. The number of carbonyl (C=O) groups excluding carboxylic acids is 1. The number of aliphatic hydroxyl groups excluding tert-OH is 7. The molecule has 0 aromatic carbocycles. The predicted octanol–water partition coefficient (Wildman–Crippen LogP) is 0.764. The van der Waals surface area contributed by atoms with E-state index in [1.165, 1.54) is 38.5 Å². The normalized spacial score (nSPS) is 33.7. The molecule has 0 bridgehead atoms. The summed E-state index contributed by atoms with van der Waals surface area (Å²) in [4.78, 5) is 12.5. The Morgan fingerprint density at radius 2 is 1.24 bits per heavy atom. The number of allylic oxidation sites excluding steroid dienone is 2. The maximum absolute atomic E-state index is 12.5. The van der Waals surface area contributed by atoms with Crippen LogP contribution in [0.3, 0.4) is 0 Å². The lowest BCUT2D eigenvalue weighted by atomic mass is 9.96. The molecule has 1 amide bonds. The van der Waals surface area contributed by atoms with Gasteiger partial charge in [-0.2, -0.15) is 0 Å². The molecule has 2 rings (SSSR count). The molecule has 1 unspecified atom stereocenters. The molecule has 42 heavy (non-hydrogen) atoms. The third-order valence-electron chi connectivity index (χ3n) is 7.97. The van der Waals surface area contributed by atoms with E-state index < -0.39 is 74.6 Å². The monoisotopic (exact) mass is 605 g/mol. The van der Waals surface area contributed by atoms with Gasteiger partial charge in [0.25, 0.3) is 0 Å². The molecule has 0 aromatic heterocycles. The van der Waals surface area contributed by atoms with Crippen molar-refractivity contribution in [2.75, 3.05) is 13.2 Å². The van der Waals surface area contributed by atoms with E-state index in [1.807, 2.05) is 0 Å². The second-order valence-electron chi connectivity index (χ2n) is 11.5. The Balaban J connectivity index is 1.69. The van der Waals surface area contributed by atoms with Crippen molar-refractivity contribution in [2.24, 2.45) is 0 Å². The van der Waals surface area contributed by atoms with Crippen LogP contribution in [0.5, 0.6) is 0 Å². The summed E-state index contributed by atoms with van der Waals surface area (Å²) in [5.41, 5.74) is 0. The third kappa shape index (κ3) is 12.1. The molecular weight excluding hydrogens is 550 g/mol. The van der Waals surface area contributed by atoms with Crippen LogP contribution in [0.1, 0.15) is 96.8 Å². The van der Waals surface area contributed by atoms with Crippen LogP contribution in [0.25, 0.3) is 0 Å². The molecule has 0 aromatic rings. The topological polar surface area (TPSA) is 198 Å². The van der Waals surface area contributed by atoms with Gasteiger partial charge in [0.05, 0.1) is 13.2 Å². The van der Waals surface area contributed by atoms with E-state index in [1.54, 1.807) is 0 Å². The van der Waals surface area contributed by atoms with Crippen molar-refractivity contribution in [3.63, 3.8) is 0 Å². The highest BCUT2D eigenvalue weighted by Crippen LogP contribution is 2.28. The maximum atomic E-state index is 12.5. The van der Waals surface area contributed by atoms with Crippen molar-refractivity contribution in [3.8, 4) is 0 Å². The summed E-state index contributed by atoms with van der Waals surface area (Å²) in [5.74, 6) is -0.378. The van der Waals surface area contributed by atoms with Gasteiger partial charge in [-0.3, -0.25) is 4.79 Å². The Hall–Kier alpha value is -1.19. The summed E-state index contributed by atoms with van der Waals surface area (Å²) in [6.07, 6.45) is 4.37. The van der Waals surface area contributed by atoms with E-state index in [-0.39, 0.29) is 12.3 Å². The second-order valence-corrected chi connectivity index (χ2v) is 11.5. The Bertz CT molecular complexity index is 755. The van der Waals surface area contributed by atoms with E-state index >= 15 is 0 Å². The van der Waals surface area contributed by atoms with Crippen molar-refractivity contribution >= 4 is 5.91 Å². The lowest BCUT2D eigenvalue weighted by molar-refractivity contribution is -0.342. The lowest BCUT2D eigenvalue weighted by Crippen LogP contribution is -2.66. The van der Waals surface area contributed by atoms with Gasteiger partial charge >= 0.3 is 0 Å². The summed E-state index contributed by atoms with van der Waals surface area (Å²) in [7, 11) is 0. The molecule has 2 saturated heterocycles. The molecule has 12 heteroatoms. The van der Waals surface area contributed by atoms with Gasteiger partial charge in [-0.1, -0.05) is 70.4 Å².